The number of nitrogens with one attached hydrogen (secondary N) is 1. The van der Waals surface area contributed by atoms with Gasteiger partial charge in [-0.15, -0.1) is 5.10 Å². The molecule has 27 heavy (non-hydrogen) atoms. The fourth-order valence-corrected chi connectivity index (χ4v) is 2.63. The molecule has 0 saturated carbocycles. The Kier molecular flexibility index (Phi) is 4.82. The van der Waals surface area contributed by atoms with Crippen LogP contribution in [0.25, 0.3) is 11.1 Å². The summed E-state index contributed by atoms with van der Waals surface area (Å²) in [7, 11) is -9.64. The zero-order chi connectivity index (χ0) is 20.2. The van der Waals surface area contributed by atoms with Gasteiger partial charge in [0.25, 0.3) is 5.88 Å². The molecule has 1 heterocycles. The van der Waals surface area contributed by atoms with Crippen molar-refractivity contribution in [2.45, 2.75) is 4.90 Å². The van der Waals surface area contributed by atoms with Gasteiger partial charge in [-0.2, -0.15) is 19.9 Å². The van der Waals surface area contributed by atoms with Gasteiger partial charge in [-0.1, -0.05) is 43.7 Å². The molecule has 0 saturated heterocycles. The zero-order valence-electron chi connectivity index (χ0n) is 13.1. The van der Waals surface area contributed by atoms with Gasteiger partial charge < -0.3 is 4.74 Å². The SMILES string of the molecule is FS(F)(F)(F)(F)c1ccc(-c2ccc(Oc3cn[nH]n3)cc2)cc1.O=C=O. The van der Waals surface area contributed by atoms with E-state index in [1.165, 1.54) is 6.20 Å². The Morgan fingerprint density at radius 3 is 1.74 bits per heavy atom. The third kappa shape index (κ3) is 5.62. The highest BCUT2D eigenvalue weighted by Crippen LogP contribution is 3.02. The highest BCUT2D eigenvalue weighted by molar-refractivity contribution is 8.45. The van der Waals surface area contributed by atoms with Crippen molar-refractivity contribution >= 4 is 16.4 Å². The topological polar surface area (TPSA) is 84.9 Å². The molecule has 6 nitrogen and oxygen atoms in total. The van der Waals surface area contributed by atoms with Crippen LogP contribution >= 0.6 is 10.2 Å². The predicted molar refractivity (Wildman–Crippen MR) is 84.7 cm³/mol. The van der Waals surface area contributed by atoms with E-state index in [0.717, 1.165) is 12.1 Å². The van der Waals surface area contributed by atoms with Crippen LogP contribution in [-0.4, -0.2) is 21.6 Å². The number of hydrogen-bond donors (Lipinski definition) is 1. The molecule has 0 bridgehead atoms. The summed E-state index contributed by atoms with van der Waals surface area (Å²) in [5, 5.41) is 9.65. The Morgan fingerprint density at radius 2 is 1.33 bits per heavy atom. The molecular weight excluding hydrogens is 397 g/mol. The van der Waals surface area contributed by atoms with E-state index in [2.05, 4.69) is 15.4 Å². The molecule has 0 aliphatic rings. The van der Waals surface area contributed by atoms with Gasteiger partial charge in [-0.05, 0) is 35.4 Å². The van der Waals surface area contributed by atoms with Gasteiger partial charge in [0.05, 0.1) is 0 Å². The van der Waals surface area contributed by atoms with Crippen molar-refractivity contribution < 1.29 is 33.8 Å². The van der Waals surface area contributed by atoms with Crippen LogP contribution in [0.1, 0.15) is 0 Å². The number of nitrogens with zero attached hydrogens (tertiary/aromatic N) is 2. The molecule has 0 aliphatic heterocycles. The van der Waals surface area contributed by atoms with Crippen molar-refractivity contribution in [3.63, 3.8) is 0 Å². The standard InChI is InChI=1S/C14H10F5N3OS.CO2/c15-24(16,17,18,19)13-7-3-11(4-8-13)10-1-5-12(6-2-10)23-14-9-20-22-21-14;2-1-3/h1-9H,(H,20,21,22);. The van der Waals surface area contributed by atoms with E-state index in [4.69, 9.17) is 14.3 Å². The van der Waals surface area contributed by atoms with E-state index in [9.17, 15) is 19.4 Å². The van der Waals surface area contributed by atoms with Gasteiger partial charge in [0.2, 0.25) is 0 Å². The molecule has 0 unspecified atom stereocenters. The summed E-state index contributed by atoms with van der Waals surface area (Å²) in [5.74, 6) is 0.694. The minimum Gasteiger partial charge on any atom is -0.436 e. The van der Waals surface area contributed by atoms with Crippen LogP contribution in [-0.2, 0) is 9.59 Å². The maximum Gasteiger partial charge on any atom is 0.373 e. The highest BCUT2D eigenvalue weighted by atomic mass is 32.5. The second-order valence-corrected chi connectivity index (χ2v) is 7.42. The van der Waals surface area contributed by atoms with E-state index < -0.39 is 15.1 Å². The van der Waals surface area contributed by atoms with Gasteiger partial charge in [0, 0.05) is 0 Å². The summed E-state index contributed by atoms with van der Waals surface area (Å²) in [6, 6.07) is 9.09. The van der Waals surface area contributed by atoms with E-state index in [1.54, 1.807) is 24.3 Å². The number of aromatic nitrogens is 3. The number of benzene rings is 2. The molecule has 0 atom stereocenters. The van der Waals surface area contributed by atoms with Crippen molar-refractivity contribution in [2.75, 3.05) is 0 Å². The second kappa shape index (κ2) is 6.49. The maximum absolute atomic E-state index is 12.7. The number of rotatable bonds is 4. The van der Waals surface area contributed by atoms with Crippen molar-refractivity contribution in [1.82, 2.24) is 15.4 Å². The Bertz CT molecular complexity index is 938. The van der Waals surface area contributed by atoms with Crippen LogP contribution in [0.5, 0.6) is 11.6 Å². The molecule has 0 fully saturated rings. The van der Waals surface area contributed by atoms with Crippen molar-refractivity contribution in [3.8, 4) is 22.8 Å². The summed E-state index contributed by atoms with van der Waals surface area (Å²) in [5.41, 5.74) is 0.921. The Labute approximate surface area is 148 Å². The fourth-order valence-electron chi connectivity index (χ4n) is 1.98. The molecule has 1 aromatic heterocycles. The Morgan fingerprint density at radius 1 is 0.852 bits per heavy atom. The summed E-state index contributed by atoms with van der Waals surface area (Å²) < 4.78 is 68.8. The van der Waals surface area contributed by atoms with E-state index in [1.807, 2.05) is 0 Å². The third-order valence-electron chi connectivity index (χ3n) is 3.10. The lowest BCUT2D eigenvalue weighted by Crippen LogP contribution is -2.05. The maximum atomic E-state index is 12.7. The number of ether oxygens (including phenoxy) is 1. The first-order valence-electron chi connectivity index (χ1n) is 6.90. The smallest absolute Gasteiger partial charge is 0.373 e. The van der Waals surface area contributed by atoms with Crippen LogP contribution in [0.4, 0.5) is 19.4 Å². The molecule has 0 radical (unpaired) electrons. The Balaban J connectivity index is 0.000000817. The van der Waals surface area contributed by atoms with Crippen LogP contribution in [0.2, 0.25) is 0 Å². The van der Waals surface area contributed by atoms with Crippen LogP contribution < -0.4 is 4.74 Å². The molecule has 3 aromatic rings. The van der Waals surface area contributed by atoms with Gasteiger partial charge in [0.1, 0.15) is 16.8 Å². The highest BCUT2D eigenvalue weighted by Gasteiger charge is 2.65. The lowest BCUT2D eigenvalue weighted by atomic mass is 10.1. The number of aromatic amines is 1. The van der Waals surface area contributed by atoms with Gasteiger partial charge in [0.15, 0.2) is 0 Å². The molecule has 0 amide bonds. The monoisotopic (exact) mass is 407 g/mol. The largest absolute Gasteiger partial charge is 0.436 e. The predicted octanol–water partition coefficient (Wildman–Crippen LogP) is 5.34. The molecular formula is C15H10F5N3O3S. The number of H-pyrrole nitrogens is 1. The normalized spacial score (nSPS) is 13.4. The molecule has 0 spiro atoms. The molecule has 144 valence electrons. The van der Waals surface area contributed by atoms with Crippen molar-refractivity contribution in [3.05, 3.63) is 54.7 Å². The third-order valence-corrected chi connectivity index (χ3v) is 4.27. The number of carbonyl (C=O) groups excluding carboxylic acids is 2. The van der Waals surface area contributed by atoms with E-state index in [-0.39, 0.29) is 12.0 Å². The number of halogens is 5. The summed E-state index contributed by atoms with van der Waals surface area (Å²) in [6.07, 6.45) is 1.62. The van der Waals surface area contributed by atoms with Crippen LogP contribution in [0.3, 0.4) is 0 Å². The summed E-state index contributed by atoms with van der Waals surface area (Å²) >= 11 is 0. The lowest BCUT2D eigenvalue weighted by Gasteiger charge is -2.40. The second-order valence-electron chi connectivity index (χ2n) is 5.01. The van der Waals surface area contributed by atoms with Gasteiger partial charge >= 0.3 is 16.4 Å². The van der Waals surface area contributed by atoms with Crippen molar-refractivity contribution in [1.29, 1.82) is 0 Å². The number of hydrogen-bond acceptors (Lipinski definition) is 5. The first-order valence-corrected chi connectivity index (χ1v) is 8.85. The molecule has 2 aromatic carbocycles. The average Bonchev–Trinajstić information content (AvgIpc) is 3.07. The molecule has 0 aliphatic carbocycles. The summed E-state index contributed by atoms with van der Waals surface area (Å²) in [6.45, 7) is 0. The summed E-state index contributed by atoms with van der Waals surface area (Å²) in [4.78, 5) is 14.3. The Hall–Kier alpha value is -3.24. The first-order chi connectivity index (χ1) is 12.4. The van der Waals surface area contributed by atoms with E-state index in [0.29, 0.717) is 29.0 Å². The van der Waals surface area contributed by atoms with Crippen LogP contribution in [0.15, 0.2) is 59.6 Å². The molecule has 12 heteroatoms. The fraction of sp³-hybridized carbons (Fsp3) is 0. The minimum atomic E-state index is -9.64. The van der Waals surface area contributed by atoms with Gasteiger partial charge in [-0.3, -0.25) is 0 Å². The van der Waals surface area contributed by atoms with E-state index >= 15 is 0 Å². The molecule has 1 N–H and O–H groups in total. The minimum absolute atomic E-state index is 0.250. The zero-order valence-corrected chi connectivity index (χ0v) is 13.9. The quantitative estimate of drug-likeness (QED) is 0.591. The van der Waals surface area contributed by atoms with Gasteiger partial charge in [-0.25, -0.2) is 0 Å². The van der Waals surface area contributed by atoms with Crippen LogP contribution in [0, 0.1) is 0 Å². The lowest BCUT2D eigenvalue weighted by molar-refractivity contribution is -0.191. The first kappa shape index (κ1) is 20.1. The molecule has 3 rings (SSSR count). The average molecular weight is 407 g/mol. The van der Waals surface area contributed by atoms with Crippen molar-refractivity contribution in [2.24, 2.45) is 0 Å².